The lowest BCUT2D eigenvalue weighted by Gasteiger charge is -2.38. The number of nitrogens with zero attached hydrogens (tertiary/aromatic N) is 1. The average Bonchev–Trinajstić information content (AvgIpc) is 2.50. The minimum atomic E-state index is 0.101. The first-order valence-electron chi connectivity index (χ1n) is 7.66. The third-order valence-electron chi connectivity index (χ3n) is 3.95. The Morgan fingerprint density at radius 1 is 1.43 bits per heavy atom. The molecule has 21 heavy (non-hydrogen) atoms. The number of hydrogen-bond donors (Lipinski definition) is 1. The van der Waals surface area contributed by atoms with E-state index in [1.54, 1.807) is 0 Å². The number of hydrogen-bond acceptors (Lipinski definition) is 3. The van der Waals surface area contributed by atoms with Gasteiger partial charge in [0.05, 0.1) is 6.10 Å². The summed E-state index contributed by atoms with van der Waals surface area (Å²) >= 11 is 12.4. The Labute approximate surface area is 137 Å². The molecule has 1 aromatic carbocycles. The molecule has 0 aliphatic carbocycles. The number of halogens is 2. The van der Waals surface area contributed by atoms with Crippen LogP contribution in [-0.4, -0.2) is 37.2 Å². The van der Waals surface area contributed by atoms with Crippen molar-refractivity contribution < 1.29 is 4.74 Å². The first kappa shape index (κ1) is 17.0. The van der Waals surface area contributed by atoms with Crippen molar-refractivity contribution in [2.24, 2.45) is 5.73 Å². The predicted molar refractivity (Wildman–Crippen MR) is 89.1 cm³/mol. The van der Waals surface area contributed by atoms with E-state index in [0.717, 1.165) is 49.5 Å². The maximum Gasteiger partial charge on any atom is 0.0702 e. The van der Waals surface area contributed by atoms with Crippen molar-refractivity contribution in [2.75, 3.05) is 26.2 Å². The normalized spacial score (nSPS) is 21.4. The molecule has 0 radical (unpaired) electrons. The molecule has 0 spiro atoms. The summed E-state index contributed by atoms with van der Waals surface area (Å²) in [4.78, 5) is 2.38. The van der Waals surface area contributed by atoms with Crippen LogP contribution in [0.5, 0.6) is 0 Å². The maximum atomic E-state index is 6.34. The van der Waals surface area contributed by atoms with Gasteiger partial charge in [0.15, 0.2) is 0 Å². The van der Waals surface area contributed by atoms with Gasteiger partial charge < -0.3 is 10.5 Å². The number of ether oxygens (including phenoxy) is 1. The molecule has 2 N–H and O–H groups in total. The summed E-state index contributed by atoms with van der Waals surface area (Å²) < 4.78 is 5.91. The maximum absolute atomic E-state index is 6.34. The second kappa shape index (κ2) is 8.35. The van der Waals surface area contributed by atoms with Gasteiger partial charge >= 0.3 is 0 Å². The highest BCUT2D eigenvalue weighted by atomic mass is 35.5. The fourth-order valence-corrected chi connectivity index (χ4v) is 3.34. The van der Waals surface area contributed by atoms with Crippen LogP contribution < -0.4 is 5.73 Å². The number of nitrogens with two attached hydrogens (primary N) is 1. The number of benzene rings is 1. The molecular weight excluding hydrogens is 307 g/mol. The topological polar surface area (TPSA) is 38.5 Å². The van der Waals surface area contributed by atoms with E-state index in [2.05, 4.69) is 11.8 Å². The Hall–Kier alpha value is -0.320. The first-order chi connectivity index (χ1) is 10.2. The highest BCUT2D eigenvalue weighted by molar-refractivity contribution is 6.33. The van der Waals surface area contributed by atoms with Crippen LogP contribution in [0.4, 0.5) is 0 Å². The van der Waals surface area contributed by atoms with Crippen molar-refractivity contribution in [3.8, 4) is 0 Å². The Balaban J connectivity index is 2.11. The van der Waals surface area contributed by atoms with E-state index in [1.165, 1.54) is 0 Å². The minimum Gasteiger partial charge on any atom is -0.377 e. The summed E-state index contributed by atoms with van der Waals surface area (Å²) in [5.41, 5.74) is 7.03. The molecule has 2 unspecified atom stereocenters. The highest BCUT2D eigenvalue weighted by Gasteiger charge is 2.27. The van der Waals surface area contributed by atoms with Gasteiger partial charge in [0.1, 0.15) is 0 Å². The molecule has 1 aliphatic rings. The lowest BCUT2D eigenvalue weighted by molar-refractivity contribution is -0.0118. The average molecular weight is 331 g/mol. The molecule has 1 heterocycles. The molecule has 0 bridgehead atoms. The summed E-state index contributed by atoms with van der Waals surface area (Å²) in [5.74, 6) is 0. The van der Waals surface area contributed by atoms with Crippen LogP contribution in [0.2, 0.25) is 10.0 Å². The Kier molecular flexibility index (Phi) is 6.77. The summed E-state index contributed by atoms with van der Waals surface area (Å²) in [5, 5.41) is 1.43. The standard InChI is InChI=1S/C16H24Cl2N2O/c1-2-8-21-13-4-3-7-20(11-13)16(10-19)14-9-12(17)5-6-15(14)18/h5-6,9,13,16H,2-4,7-8,10-11,19H2,1H3. The second-order valence-corrected chi connectivity index (χ2v) is 6.39. The van der Waals surface area contributed by atoms with Crippen LogP contribution in [0.3, 0.4) is 0 Å². The third kappa shape index (κ3) is 4.57. The number of rotatable bonds is 6. The molecule has 1 aliphatic heterocycles. The van der Waals surface area contributed by atoms with Gasteiger partial charge in [-0.15, -0.1) is 0 Å². The van der Waals surface area contributed by atoms with Crippen molar-refractivity contribution in [3.05, 3.63) is 33.8 Å². The van der Waals surface area contributed by atoms with E-state index in [-0.39, 0.29) is 6.04 Å². The molecule has 1 saturated heterocycles. The summed E-state index contributed by atoms with van der Waals surface area (Å²) in [7, 11) is 0. The molecule has 0 aromatic heterocycles. The molecule has 5 heteroatoms. The van der Waals surface area contributed by atoms with Crippen molar-refractivity contribution in [1.82, 2.24) is 4.90 Å². The second-order valence-electron chi connectivity index (χ2n) is 5.55. The van der Waals surface area contributed by atoms with Crippen molar-refractivity contribution in [3.63, 3.8) is 0 Å². The molecule has 1 aromatic rings. The van der Waals surface area contributed by atoms with Gasteiger partial charge in [-0.05, 0) is 49.6 Å². The first-order valence-corrected chi connectivity index (χ1v) is 8.42. The van der Waals surface area contributed by atoms with Crippen molar-refractivity contribution >= 4 is 23.2 Å². The third-order valence-corrected chi connectivity index (χ3v) is 4.53. The fraction of sp³-hybridized carbons (Fsp3) is 0.625. The molecular formula is C16H24Cl2N2O. The number of likely N-dealkylation sites (tertiary alicyclic amines) is 1. The van der Waals surface area contributed by atoms with E-state index in [1.807, 2.05) is 18.2 Å². The lowest BCUT2D eigenvalue weighted by Crippen LogP contribution is -2.44. The van der Waals surface area contributed by atoms with Crippen LogP contribution in [0.25, 0.3) is 0 Å². The van der Waals surface area contributed by atoms with Gasteiger partial charge in [0, 0.05) is 35.8 Å². The van der Waals surface area contributed by atoms with Crippen molar-refractivity contribution in [1.29, 1.82) is 0 Å². The van der Waals surface area contributed by atoms with Crippen molar-refractivity contribution in [2.45, 2.75) is 38.3 Å². The Morgan fingerprint density at radius 2 is 2.24 bits per heavy atom. The van der Waals surface area contributed by atoms with Gasteiger partial charge in [-0.3, -0.25) is 4.90 Å². The van der Waals surface area contributed by atoms with Crippen LogP contribution in [0.1, 0.15) is 37.8 Å². The molecule has 118 valence electrons. The monoisotopic (exact) mass is 330 g/mol. The molecule has 0 amide bonds. The quantitative estimate of drug-likeness (QED) is 0.860. The summed E-state index contributed by atoms with van der Waals surface area (Å²) in [6, 6.07) is 5.68. The Morgan fingerprint density at radius 3 is 2.95 bits per heavy atom. The van der Waals surface area contributed by atoms with E-state index in [0.29, 0.717) is 17.7 Å². The van der Waals surface area contributed by atoms with Crippen LogP contribution >= 0.6 is 23.2 Å². The highest BCUT2D eigenvalue weighted by Crippen LogP contribution is 2.31. The van der Waals surface area contributed by atoms with Gasteiger partial charge in [-0.2, -0.15) is 0 Å². The molecule has 2 atom stereocenters. The molecule has 3 nitrogen and oxygen atoms in total. The Bertz CT molecular complexity index is 456. The fourth-order valence-electron chi connectivity index (χ4n) is 2.91. The molecule has 2 rings (SSSR count). The van der Waals surface area contributed by atoms with Crippen LogP contribution in [0.15, 0.2) is 18.2 Å². The molecule has 0 saturated carbocycles. The zero-order chi connectivity index (χ0) is 15.2. The minimum absolute atomic E-state index is 0.101. The van der Waals surface area contributed by atoms with Crippen LogP contribution in [-0.2, 0) is 4.74 Å². The van der Waals surface area contributed by atoms with Gasteiger partial charge in [0.25, 0.3) is 0 Å². The van der Waals surface area contributed by atoms with E-state index >= 15 is 0 Å². The van der Waals surface area contributed by atoms with E-state index in [9.17, 15) is 0 Å². The zero-order valence-electron chi connectivity index (χ0n) is 12.5. The molecule has 1 fully saturated rings. The SMILES string of the molecule is CCCOC1CCCN(C(CN)c2cc(Cl)ccc2Cl)C1. The summed E-state index contributed by atoms with van der Waals surface area (Å²) in [6.45, 7) is 5.42. The predicted octanol–water partition coefficient (Wildman–Crippen LogP) is 3.88. The van der Waals surface area contributed by atoms with E-state index < -0.39 is 0 Å². The largest absolute Gasteiger partial charge is 0.377 e. The van der Waals surface area contributed by atoms with Gasteiger partial charge in [0.2, 0.25) is 0 Å². The number of piperidine rings is 1. The lowest BCUT2D eigenvalue weighted by atomic mass is 10.0. The smallest absolute Gasteiger partial charge is 0.0702 e. The zero-order valence-corrected chi connectivity index (χ0v) is 14.0. The van der Waals surface area contributed by atoms with E-state index in [4.69, 9.17) is 33.7 Å². The van der Waals surface area contributed by atoms with Crippen LogP contribution in [0, 0.1) is 0 Å². The van der Waals surface area contributed by atoms with Gasteiger partial charge in [-0.25, -0.2) is 0 Å². The summed E-state index contributed by atoms with van der Waals surface area (Å²) in [6.07, 6.45) is 3.60. The van der Waals surface area contributed by atoms with Gasteiger partial charge in [-0.1, -0.05) is 30.1 Å².